The normalized spacial score (nSPS) is 10.9. The van der Waals surface area contributed by atoms with Crippen LogP contribution in [0.25, 0.3) is 22.2 Å². The molecule has 3 aromatic rings. The molecule has 2 aromatic carbocycles. The number of hydrogen-bond donors (Lipinski definition) is 0. The first-order valence-electron chi connectivity index (χ1n) is 9.40. The van der Waals surface area contributed by atoms with Crippen LogP contribution < -0.4 is 0 Å². The SMILES string of the molecule is CCCCOCCOC(=O)c1cc(-c2ccccc2)nc2ccc(C)cc12. The van der Waals surface area contributed by atoms with Crippen molar-refractivity contribution in [3.8, 4) is 11.3 Å². The van der Waals surface area contributed by atoms with Gasteiger partial charge in [-0.2, -0.15) is 0 Å². The molecule has 0 amide bonds. The summed E-state index contributed by atoms with van der Waals surface area (Å²) < 4.78 is 10.9. The Bertz CT molecular complexity index is 906. The van der Waals surface area contributed by atoms with E-state index < -0.39 is 0 Å². The van der Waals surface area contributed by atoms with E-state index >= 15 is 0 Å². The summed E-state index contributed by atoms with van der Waals surface area (Å²) in [7, 11) is 0. The molecule has 0 saturated carbocycles. The van der Waals surface area contributed by atoms with Gasteiger partial charge < -0.3 is 9.47 Å². The van der Waals surface area contributed by atoms with Crippen LogP contribution >= 0.6 is 0 Å². The molecule has 0 radical (unpaired) electrons. The molecule has 0 unspecified atom stereocenters. The van der Waals surface area contributed by atoms with Gasteiger partial charge in [0.1, 0.15) is 6.61 Å². The summed E-state index contributed by atoms with van der Waals surface area (Å²) in [5.41, 5.74) is 4.13. The number of ether oxygens (including phenoxy) is 2. The molecule has 4 heteroatoms. The number of carbonyl (C=O) groups excluding carboxylic acids is 1. The van der Waals surface area contributed by atoms with E-state index in [0.717, 1.165) is 40.6 Å². The molecule has 1 aromatic heterocycles. The van der Waals surface area contributed by atoms with Gasteiger partial charge in [0.2, 0.25) is 0 Å². The number of esters is 1. The van der Waals surface area contributed by atoms with Gasteiger partial charge in [0.25, 0.3) is 0 Å². The van der Waals surface area contributed by atoms with Crippen LogP contribution in [0.1, 0.15) is 35.7 Å². The fourth-order valence-electron chi connectivity index (χ4n) is 2.88. The zero-order valence-electron chi connectivity index (χ0n) is 15.9. The van der Waals surface area contributed by atoms with E-state index in [0.29, 0.717) is 18.8 Å². The first kappa shape index (κ1) is 19.1. The lowest BCUT2D eigenvalue weighted by atomic mass is 10.0. The number of unbranched alkanes of at least 4 members (excludes halogenated alkanes) is 1. The number of hydrogen-bond acceptors (Lipinski definition) is 4. The second kappa shape index (κ2) is 9.28. The molecule has 140 valence electrons. The minimum absolute atomic E-state index is 0.249. The van der Waals surface area contributed by atoms with E-state index in [1.807, 2.05) is 61.5 Å². The van der Waals surface area contributed by atoms with E-state index in [9.17, 15) is 4.79 Å². The molecule has 0 N–H and O–H groups in total. The zero-order valence-corrected chi connectivity index (χ0v) is 15.9. The minimum Gasteiger partial charge on any atom is -0.460 e. The third kappa shape index (κ3) is 4.92. The number of nitrogens with zero attached hydrogens (tertiary/aromatic N) is 1. The first-order chi connectivity index (χ1) is 13.2. The van der Waals surface area contributed by atoms with Crippen molar-refractivity contribution in [1.29, 1.82) is 0 Å². The van der Waals surface area contributed by atoms with Gasteiger partial charge in [-0.25, -0.2) is 9.78 Å². The number of aromatic nitrogens is 1. The second-order valence-corrected chi connectivity index (χ2v) is 6.54. The van der Waals surface area contributed by atoms with Gasteiger partial charge in [-0.05, 0) is 31.5 Å². The number of rotatable bonds is 8. The summed E-state index contributed by atoms with van der Waals surface area (Å²) in [5.74, 6) is -0.343. The lowest BCUT2D eigenvalue weighted by Crippen LogP contribution is -2.12. The number of benzene rings is 2. The number of fused-ring (bicyclic) bond motifs is 1. The topological polar surface area (TPSA) is 48.4 Å². The van der Waals surface area contributed by atoms with Crippen LogP contribution in [0.3, 0.4) is 0 Å². The maximum atomic E-state index is 12.7. The Balaban J connectivity index is 1.85. The van der Waals surface area contributed by atoms with Crippen molar-refractivity contribution in [2.24, 2.45) is 0 Å². The van der Waals surface area contributed by atoms with Gasteiger partial charge in [-0.3, -0.25) is 0 Å². The van der Waals surface area contributed by atoms with Crippen molar-refractivity contribution in [2.45, 2.75) is 26.7 Å². The summed E-state index contributed by atoms with van der Waals surface area (Å²) in [6, 6.07) is 17.6. The molecule has 0 aliphatic heterocycles. The molecule has 0 bridgehead atoms. The van der Waals surface area contributed by atoms with Crippen LogP contribution in [0.5, 0.6) is 0 Å². The summed E-state index contributed by atoms with van der Waals surface area (Å²) in [4.78, 5) is 17.5. The Morgan fingerprint density at radius 2 is 1.81 bits per heavy atom. The van der Waals surface area contributed by atoms with Gasteiger partial charge in [0.15, 0.2) is 0 Å². The van der Waals surface area contributed by atoms with E-state index in [1.165, 1.54) is 0 Å². The van der Waals surface area contributed by atoms with Crippen molar-refractivity contribution in [1.82, 2.24) is 4.98 Å². The van der Waals surface area contributed by atoms with Crippen LogP contribution in [0, 0.1) is 6.92 Å². The average molecular weight is 363 g/mol. The Morgan fingerprint density at radius 3 is 2.59 bits per heavy atom. The molecule has 0 saturated heterocycles. The highest BCUT2D eigenvalue weighted by Gasteiger charge is 2.15. The van der Waals surface area contributed by atoms with E-state index in [4.69, 9.17) is 14.5 Å². The minimum atomic E-state index is -0.343. The quantitative estimate of drug-likeness (QED) is 0.408. The van der Waals surface area contributed by atoms with Crippen LogP contribution in [0.15, 0.2) is 54.6 Å². The van der Waals surface area contributed by atoms with Crippen molar-refractivity contribution in [2.75, 3.05) is 19.8 Å². The molecule has 3 rings (SSSR count). The molecule has 0 aliphatic carbocycles. The maximum absolute atomic E-state index is 12.7. The van der Waals surface area contributed by atoms with Crippen molar-refractivity contribution in [3.63, 3.8) is 0 Å². The van der Waals surface area contributed by atoms with Crippen LogP contribution in [-0.4, -0.2) is 30.8 Å². The van der Waals surface area contributed by atoms with E-state index in [2.05, 4.69) is 6.92 Å². The Hall–Kier alpha value is -2.72. The summed E-state index contributed by atoms with van der Waals surface area (Å²) >= 11 is 0. The monoisotopic (exact) mass is 363 g/mol. The number of aryl methyl sites for hydroxylation is 1. The van der Waals surface area contributed by atoms with Gasteiger partial charge in [-0.1, -0.05) is 55.3 Å². The maximum Gasteiger partial charge on any atom is 0.338 e. The molecule has 0 atom stereocenters. The molecule has 0 spiro atoms. The molecule has 4 nitrogen and oxygen atoms in total. The molecule has 1 heterocycles. The van der Waals surface area contributed by atoms with Gasteiger partial charge in [0, 0.05) is 17.6 Å². The Labute approximate surface area is 160 Å². The van der Waals surface area contributed by atoms with Crippen LogP contribution in [0.2, 0.25) is 0 Å². The molecular formula is C23H25NO3. The Kier molecular flexibility index (Phi) is 6.55. The lowest BCUT2D eigenvalue weighted by Gasteiger charge is -2.11. The summed E-state index contributed by atoms with van der Waals surface area (Å²) in [6.45, 7) is 5.48. The fraction of sp³-hybridized carbons (Fsp3) is 0.304. The zero-order chi connectivity index (χ0) is 19.1. The predicted octanol–water partition coefficient (Wildman–Crippen LogP) is 5.18. The van der Waals surface area contributed by atoms with Gasteiger partial charge in [0.05, 0.1) is 23.4 Å². The van der Waals surface area contributed by atoms with Gasteiger partial charge in [-0.15, -0.1) is 0 Å². The highest BCUT2D eigenvalue weighted by atomic mass is 16.6. The average Bonchev–Trinajstić information content (AvgIpc) is 2.70. The van der Waals surface area contributed by atoms with Gasteiger partial charge >= 0.3 is 5.97 Å². The summed E-state index contributed by atoms with van der Waals surface area (Å²) in [5, 5.41) is 0.812. The van der Waals surface area contributed by atoms with E-state index in [-0.39, 0.29) is 12.6 Å². The Morgan fingerprint density at radius 1 is 1.00 bits per heavy atom. The van der Waals surface area contributed by atoms with Crippen LogP contribution in [-0.2, 0) is 9.47 Å². The smallest absolute Gasteiger partial charge is 0.338 e. The highest BCUT2D eigenvalue weighted by Crippen LogP contribution is 2.26. The predicted molar refractivity (Wildman–Crippen MR) is 108 cm³/mol. The highest BCUT2D eigenvalue weighted by molar-refractivity contribution is 6.04. The molecule has 0 fully saturated rings. The standard InChI is InChI=1S/C23H25NO3/c1-3-4-12-26-13-14-27-23(25)20-16-22(18-8-6-5-7-9-18)24-21-11-10-17(2)15-19(20)21/h5-11,15-16H,3-4,12-14H2,1-2H3. The fourth-order valence-corrected chi connectivity index (χ4v) is 2.88. The van der Waals surface area contributed by atoms with Crippen LogP contribution in [0.4, 0.5) is 0 Å². The van der Waals surface area contributed by atoms with E-state index in [1.54, 1.807) is 0 Å². The number of carbonyl (C=O) groups is 1. The second-order valence-electron chi connectivity index (χ2n) is 6.54. The van der Waals surface area contributed by atoms with Crippen molar-refractivity contribution in [3.05, 3.63) is 65.7 Å². The molecule has 27 heavy (non-hydrogen) atoms. The summed E-state index contributed by atoms with van der Waals surface area (Å²) in [6.07, 6.45) is 2.10. The first-order valence-corrected chi connectivity index (χ1v) is 9.40. The van der Waals surface area contributed by atoms with Crippen molar-refractivity contribution < 1.29 is 14.3 Å². The number of pyridine rings is 1. The third-order valence-corrected chi connectivity index (χ3v) is 4.36. The lowest BCUT2D eigenvalue weighted by molar-refractivity contribution is 0.0316. The third-order valence-electron chi connectivity index (χ3n) is 4.36. The van der Waals surface area contributed by atoms with Crippen molar-refractivity contribution >= 4 is 16.9 Å². The largest absolute Gasteiger partial charge is 0.460 e. The molecular weight excluding hydrogens is 338 g/mol. The molecule has 0 aliphatic rings.